The van der Waals surface area contributed by atoms with Gasteiger partial charge in [-0.3, -0.25) is 4.79 Å². The van der Waals surface area contributed by atoms with Crippen LogP contribution in [0.15, 0.2) is 12.1 Å². The number of amides is 1. The van der Waals surface area contributed by atoms with Gasteiger partial charge in [0, 0.05) is 12.0 Å². The highest BCUT2D eigenvalue weighted by Gasteiger charge is 2.27. The molecule has 0 radical (unpaired) electrons. The van der Waals surface area contributed by atoms with Crippen LogP contribution < -0.4 is 10.1 Å². The fraction of sp³-hybridized carbons (Fsp3) is 0.429. The van der Waals surface area contributed by atoms with Gasteiger partial charge in [0.05, 0.1) is 24.2 Å². The molecule has 114 valence electrons. The molecule has 0 aromatic heterocycles. The van der Waals surface area contributed by atoms with Crippen molar-refractivity contribution in [2.24, 2.45) is 0 Å². The molecule has 2 rings (SSSR count). The number of rotatable bonds is 4. The molecule has 1 aliphatic rings. The molecule has 0 aliphatic carbocycles. The van der Waals surface area contributed by atoms with Crippen LogP contribution in [-0.2, 0) is 16.0 Å². The van der Waals surface area contributed by atoms with Crippen LogP contribution in [-0.4, -0.2) is 37.0 Å². The van der Waals surface area contributed by atoms with Gasteiger partial charge in [0.25, 0.3) is 0 Å². The molecule has 7 heteroatoms. The Hall–Kier alpha value is -1.46. The highest BCUT2D eigenvalue weighted by molar-refractivity contribution is 6.32. The summed E-state index contributed by atoms with van der Waals surface area (Å²) in [5.74, 6) is -0.160. The molecule has 21 heavy (non-hydrogen) atoms. The van der Waals surface area contributed by atoms with E-state index in [2.05, 4.69) is 10.1 Å². The molecule has 0 saturated carbocycles. The molecular weight excluding hydrogens is 317 g/mol. The van der Waals surface area contributed by atoms with E-state index < -0.39 is 11.3 Å². The van der Waals surface area contributed by atoms with Crippen LogP contribution in [0.5, 0.6) is 5.75 Å². The SMILES string of the molecule is COC(=O)c1cc(Cl)c2c(c1)C[C@H](CNC(=O)[C@H](C)Cl)O2. The van der Waals surface area contributed by atoms with E-state index in [9.17, 15) is 9.59 Å². The maximum atomic E-state index is 11.5. The number of carbonyl (C=O) groups excluding carboxylic acids is 2. The molecule has 1 N–H and O–H groups in total. The molecule has 1 aliphatic heterocycles. The second-order valence-electron chi connectivity index (χ2n) is 4.74. The molecule has 0 fully saturated rings. The summed E-state index contributed by atoms with van der Waals surface area (Å²) in [5, 5.41) is 2.46. The summed E-state index contributed by atoms with van der Waals surface area (Å²) in [4.78, 5) is 23.0. The fourth-order valence-corrected chi connectivity index (χ4v) is 2.45. The van der Waals surface area contributed by atoms with Crippen molar-refractivity contribution in [2.45, 2.75) is 24.8 Å². The topological polar surface area (TPSA) is 64.6 Å². The number of nitrogens with one attached hydrogen (secondary N) is 1. The number of halogens is 2. The Morgan fingerprint density at radius 1 is 1.52 bits per heavy atom. The van der Waals surface area contributed by atoms with Crippen LogP contribution in [0.3, 0.4) is 0 Å². The zero-order chi connectivity index (χ0) is 15.6. The molecule has 0 bridgehead atoms. The minimum absolute atomic E-state index is 0.232. The average molecular weight is 332 g/mol. The molecule has 5 nitrogen and oxygen atoms in total. The Bertz CT molecular complexity index is 574. The Balaban J connectivity index is 2.07. The van der Waals surface area contributed by atoms with Gasteiger partial charge in [0.1, 0.15) is 17.2 Å². The second-order valence-corrected chi connectivity index (χ2v) is 5.80. The largest absolute Gasteiger partial charge is 0.486 e. The van der Waals surface area contributed by atoms with Crippen molar-refractivity contribution in [1.82, 2.24) is 5.32 Å². The molecule has 1 aromatic carbocycles. The molecule has 0 spiro atoms. The van der Waals surface area contributed by atoms with E-state index in [0.717, 1.165) is 5.56 Å². The van der Waals surface area contributed by atoms with Gasteiger partial charge in [-0.05, 0) is 19.1 Å². The number of methoxy groups -OCH3 is 1. The fourth-order valence-electron chi connectivity index (χ4n) is 2.09. The maximum Gasteiger partial charge on any atom is 0.337 e. The Morgan fingerprint density at radius 3 is 2.86 bits per heavy atom. The molecule has 0 saturated heterocycles. The monoisotopic (exact) mass is 331 g/mol. The van der Waals surface area contributed by atoms with E-state index >= 15 is 0 Å². The number of benzene rings is 1. The predicted octanol–water partition coefficient (Wildman–Crippen LogP) is 2.17. The van der Waals surface area contributed by atoms with E-state index in [0.29, 0.717) is 29.3 Å². The van der Waals surface area contributed by atoms with Crippen molar-refractivity contribution in [3.8, 4) is 5.75 Å². The summed E-state index contributed by atoms with van der Waals surface area (Å²) < 4.78 is 10.4. The average Bonchev–Trinajstić information content (AvgIpc) is 2.87. The van der Waals surface area contributed by atoms with Gasteiger partial charge in [0.2, 0.25) is 5.91 Å². The van der Waals surface area contributed by atoms with Crippen molar-refractivity contribution in [3.05, 3.63) is 28.3 Å². The van der Waals surface area contributed by atoms with Crippen molar-refractivity contribution in [1.29, 1.82) is 0 Å². The molecule has 0 unspecified atom stereocenters. The summed E-state index contributed by atoms with van der Waals surface area (Å²) in [7, 11) is 1.31. The highest BCUT2D eigenvalue weighted by atomic mass is 35.5. The molecular formula is C14H15Cl2NO4. The van der Waals surface area contributed by atoms with Gasteiger partial charge >= 0.3 is 5.97 Å². The first kappa shape index (κ1) is 15.9. The maximum absolute atomic E-state index is 11.5. The third kappa shape index (κ3) is 3.60. The molecule has 1 amide bonds. The third-order valence-electron chi connectivity index (χ3n) is 3.14. The van der Waals surface area contributed by atoms with E-state index in [1.54, 1.807) is 13.0 Å². The highest BCUT2D eigenvalue weighted by Crippen LogP contribution is 2.37. The minimum Gasteiger partial charge on any atom is -0.486 e. The number of carbonyl (C=O) groups is 2. The summed E-state index contributed by atoms with van der Waals surface area (Å²) in [6, 6.07) is 3.20. The van der Waals surface area contributed by atoms with Crippen LogP contribution in [0, 0.1) is 0 Å². The van der Waals surface area contributed by atoms with Crippen LogP contribution in [0.4, 0.5) is 0 Å². The lowest BCUT2D eigenvalue weighted by Gasteiger charge is -2.13. The first-order valence-electron chi connectivity index (χ1n) is 6.41. The van der Waals surface area contributed by atoms with Crippen molar-refractivity contribution in [3.63, 3.8) is 0 Å². The normalized spacial score (nSPS) is 17.6. The smallest absolute Gasteiger partial charge is 0.337 e. The Labute approximate surface area is 132 Å². The minimum atomic E-state index is -0.594. The number of hydrogen-bond acceptors (Lipinski definition) is 4. The molecule has 1 aromatic rings. The standard InChI is InChI=1S/C14H15Cl2NO4/c1-7(15)13(18)17-6-10-4-8-3-9(14(19)20-2)5-11(16)12(8)21-10/h3,5,7,10H,4,6H2,1-2H3,(H,17,18)/t7-,10+/m0/s1. The lowest BCUT2D eigenvalue weighted by atomic mass is 10.1. The van der Waals surface area contributed by atoms with Crippen molar-refractivity contribution in [2.75, 3.05) is 13.7 Å². The summed E-state index contributed by atoms with van der Waals surface area (Å²) >= 11 is 11.8. The number of hydrogen-bond donors (Lipinski definition) is 1. The lowest BCUT2D eigenvalue weighted by Crippen LogP contribution is -2.37. The molecule has 1 heterocycles. The van der Waals surface area contributed by atoms with Crippen LogP contribution in [0.2, 0.25) is 5.02 Å². The van der Waals surface area contributed by atoms with Crippen molar-refractivity contribution < 1.29 is 19.1 Å². The van der Waals surface area contributed by atoms with Crippen LogP contribution in [0.1, 0.15) is 22.8 Å². The number of esters is 1. The van der Waals surface area contributed by atoms with E-state index in [1.165, 1.54) is 13.2 Å². The van der Waals surface area contributed by atoms with Gasteiger partial charge in [-0.2, -0.15) is 0 Å². The summed E-state index contributed by atoms with van der Waals surface area (Å²) in [6.07, 6.45) is 0.321. The van der Waals surface area contributed by atoms with Gasteiger partial charge in [-0.25, -0.2) is 4.79 Å². The van der Waals surface area contributed by atoms with Crippen LogP contribution >= 0.6 is 23.2 Å². The number of ether oxygens (including phenoxy) is 2. The van der Waals surface area contributed by atoms with E-state index in [-0.39, 0.29) is 12.0 Å². The lowest BCUT2D eigenvalue weighted by molar-refractivity contribution is -0.120. The number of fused-ring (bicyclic) bond motifs is 1. The van der Waals surface area contributed by atoms with Crippen molar-refractivity contribution >= 4 is 35.1 Å². The molecule has 2 atom stereocenters. The summed E-state index contributed by atoms with van der Waals surface area (Å²) in [6.45, 7) is 1.93. The first-order chi connectivity index (χ1) is 9.92. The number of alkyl halides is 1. The Morgan fingerprint density at radius 2 is 2.24 bits per heavy atom. The third-order valence-corrected chi connectivity index (χ3v) is 3.62. The zero-order valence-corrected chi connectivity index (χ0v) is 13.1. The van der Waals surface area contributed by atoms with E-state index in [1.807, 2.05) is 0 Å². The zero-order valence-electron chi connectivity index (χ0n) is 11.6. The van der Waals surface area contributed by atoms with Gasteiger partial charge in [0.15, 0.2) is 0 Å². The van der Waals surface area contributed by atoms with Gasteiger partial charge < -0.3 is 14.8 Å². The predicted molar refractivity (Wildman–Crippen MR) is 79.2 cm³/mol. The Kier molecular flexibility index (Phi) is 4.96. The first-order valence-corrected chi connectivity index (χ1v) is 7.23. The summed E-state index contributed by atoms with van der Waals surface area (Å²) in [5.41, 5.74) is 1.20. The quantitative estimate of drug-likeness (QED) is 0.678. The second kappa shape index (κ2) is 6.54. The van der Waals surface area contributed by atoms with Crippen LogP contribution in [0.25, 0.3) is 0 Å². The van der Waals surface area contributed by atoms with Gasteiger partial charge in [-0.1, -0.05) is 11.6 Å². The van der Waals surface area contributed by atoms with Gasteiger partial charge in [-0.15, -0.1) is 11.6 Å². The van der Waals surface area contributed by atoms with E-state index in [4.69, 9.17) is 27.9 Å².